The number of nitrogens with zero attached hydrogens (tertiary/aromatic N) is 3. The number of anilines is 1. The Balaban J connectivity index is 2.30. The third kappa shape index (κ3) is 2.80. The SMILES string of the molecule is CCCCN(CCBr)c1cccc2nccn12. The van der Waals surface area contributed by atoms with Crippen LogP contribution in [-0.2, 0) is 0 Å². The van der Waals surface area contributed by atoms with E-state index in [1.54, 1.807) is 0 Å². The minimum absolute atomic E-state index is 0.988. The van der Waals surface area contributed by atoms with E-state index in [4.69, 9.17) is 0 Å². The molecular weight excluding hydrogens is 278 g/mol. The molecule has 0 N–H and O–H groups in total. The second kappa shape index (κ2) is 6.05. The van der Waals surface area contributed by atoms with E-state index < -0.39 is 0 Å². The molecule has 0 atom stereocenters. The molecule has 92 valence electrons. The summed E-state index contributed by atoms with van der Waals surface area (Å²) in [6, 6.07) is 6.27. The normalized spacial score (nSPS) is 10.9. The zero-order valence-electron chi connectivity index (χ0n) is 10.1. The van der Waals surface area contributed by atoms with Crippen LogP contribution >= 0.6 is 15.9 Å². The second-order valence-corrected chi connectivity index (χ2v) is 4.86. The van der Waals surface area contributed by atoms with Gasteiger partial charge in [-0.25, -0.2) is 4.98 Å². The monoisotopic (exact) mass is 295 g/mol. The molecule has 0 saturated heterocycles. The van der Waals surface area contributed by atoms with Crippen LogP contribution in [0.2, 0.25) is 0 Å². The number of pyridine rings is 1. The number of unbranched alkanes of at least 4 members (excludes halogenated alkanes) is 1. The number of fused-ring (bicyclic) bond motifs is 1. The van der Waals surface area contributed by atoms with Gasteiger partial charge in [-0.05, 0) is 18.6 Å². The number of alkyl halides is 1. The van der Waals surface area contributed by atoms with E-state index in [0.717, 1.165) is 24.1 Å². The Morgan fingerprint density at radius 2 is 2.24 bits per heavy atom. The van der Waals surface area contributed by atoms with E-state index in [-0.39, 0.29) is 0 Å². The quantitative estimate of drug-likeness (QED) is 0.762. The Hall–Kier alpha value is -1.03. The highest BCUT2D eigenvalue weighted by molar-refractivity contribution is 9.09. The Kier molecular flexibility index (Phi) is 4.42. The van der Waals surface area contributed by atoms with Crippen molar-refractivity contribution in [3.63, 3.8) is 0 Å². The fourth-order valence-corrected chi connectivity index (χ4v) is 2.41. The van der Waals surface area contributed by atoms with Crippen molar-refractivity contribution in [2.45, 2.75) is 19.8 Å². The van der Waals surface area contributed by atoms with Crippen molar-refractivity contribution in [2.24, 2.45) is 0 Å². The van der Waals surface area contributed by atoms with E-state index >= 15 is 0 Å². The first-order chi connectivity index (χ1) is 8.36. The zero-order valence-corrected chi connectivity index (χ0v) is 11.7. The molecule has 2 aromatic heterocycles. The molecule has 17 heavy (non-hydrogen) atoms. The summed E-state index contributed by atoms with van der Waals surface area (Å²) in [6.07, 6.45) is 6.32. The Morgan fingerprint density at radius 1 is 1.35 bits per heavy atom. The molecule has 0 aromatic carbocycles. The van der Waals surface area contributed by atoms with Gasteiger partial charge >= 0.3 is 0 Å². The number of hydrogen-bond donors (Lipinski definition) is 0. The first-order valence-corrected chi connectivity index (χ1v) is 7.22. The second-order valence-electron chi connectivity index (χ2n) is 4.07. The third-order valence-corrected chi connectivity index (χ3v) is 3.22. The van der Waals surface area contributed by atoms with Gasteiger partial charge in [-0.3, -0.25) is 4.40 Å². The highest BCUT2D eigenvalue weighted by atomic mass is 79.9. The summed E-state index contributed by atoms with van der Waals surface area (Å²) < 4.78 is 2.15. The lowest BCUT2D eigenvalue weighted by molar-refractivity contribution is 0.723. The lowest BCUT2D eigenvalue weighted by Gasteiger charge is -2.24. The lowest BCUT2D eigenvalue weighted by atomic mass is 10.3. The van der Waals surface area contributed by atoms with E-state index in [2.05, 4.69) is 49.3 Å². The minimum Gasteiger partial charge on any atom is -0.357 e. The summed E-state index contributed by atoms with van der Waals surface area (Å²) in [4.78, 5) is 6.74. The Labute approximate surface area is 111 Å². The molecule has 0 aliphatic carbocycles. The summed E-state index contributed by atoms with van der Waals surface area (Å²) in [7, 11) is 0. The zero-order chi connectivity index (χ0) is 12.1. The van der Waals surface area contributed by atoms with Gasteiger partial charge in [0, 0.05) is 30.8 Å². The van der Waals surface area contributed by atoms with E-state index in [1.165, 1.54) is 18.7 Å². The molecule has 0 fully saturated rings. The third-order valence-electron chi connectivity index (χ3n) is 2.87. The van der Waals surface area contributed by atoms with Crippen molar-refractivity contribution in [3.8, 4) is 0 Å². The summed E-state index contributed by atoms with van der Waals surface area (Å²) in [5, 5.41) is 0.988. The largest absolute Gasteiger partial charge is 0.357 e. The molecule has 2 aromatic rings. The van der Waals surface area contributed by atoms with Gasteiger partial charge in [-0.1, -0.05) is 35.3 Å². The van der Waals surface area contributed by atoms with Crippen molar-refractivity contribution in [3.05, 3.63) is 30.6 Å². The highest BCUT2D eigenvalue weighted by Gasteiger charge is 2.08. The fraction of sp³-hybridized carbons (Fsp3) is 0.462. The number of hydrogen-bond acceptors (Lipinski definition) is 2. The van der Waals surface area contributed by atoms with Gasteiger partial charge in [0.15, 0.2) is 0 Å². The predicted molar refractivity (Wildman–Crippen MR) is 76.1 cm³/mol. The smallest absolute Gasteiger partial charge is 0.138 e. The molecule has 0 aliphatic rings. The van der Waals surface area contributed by atoms with Crippen LogP contribution in [0.15, 0.2) is 30.6 Å². The standard InChI is InChI=1S/C13H18BrN3/c1-2-3-9-16(10-7-14)13-6-4-5-12-15-8-11-17(12)13/h4-6,8,11H,2-3,7,9-10H2,1H3. The van der Waals surface area contributed by atoms with Gasteiger partial charge in [0.2, 0.25) is 0 Å². The molecule has 0 unspecified atom stereocenters. The van der Waals surface area contributed by atoms with E-state index in [1.807, 2.05) is 18.5 Å². The van der Waals surface area contributed by atoms with Crippen LogP contribution in [0.5, 0.6) is 0 Å². The van der Waals surface area contributed by atoms with Crippen molar-refractivity contribution in [2.75, 3.05) is 23.3 Å². The molecule has 3 nitrogen and oxygen atoms in total. The van der Waals surface area contributed by atoms with Crippen LogP contribution in [0.1, 0.15) is 19.8 Å². The van der Waals surface area contributed by atoms with E-state index in [0.29, 0.717) is 0 Å². The molecule has 0 amide bonds. The van der Waals surface area contributed by atoms with Gasteiger partial charge in [-0.2, -0.15) is 0 Å². The molecule has 4 heteroatoms. The van der Waals surface area contributed by atoms with Gasteiger partial charge < -0.3 is 4.90 Å². The van der Waals surface area contributed by atoms with Crippen LogP contribution < -0.4 is 4.90 Å². The highest BCUT2D eigenvalue weighted by Crippen LogP contribution is 2.17. The van der Waals surface area contributed by atoms with Crippen LogP contribution in [0, 0.1) is 0 Å². The number of rotatable bonds is 6. The Bertz CT molecular complexity index is 466. The minimum atomic E-state index is 0.988. The van der Waals surface area contributed by atoms with Gasteiger partial charge in [-0.15, -0.1) is 0 Å². The molecule has 2 heterocycles. The van der Waals surface area contributed by atoms with Crippen molar-refractivity contribution in [1.82, 2.24) is 9.38 Å². The first kappa shape index (κ1) is 12.4. The van der Waals surface area contributed by atoms with Crippen LogP contribution in [0.4, 0.5) is 5.82 Å². The number of imidazole rings is 1. The van der Waals surface area contributed by atoms with Crippen LogP contribution in [-0.4, -0.2) is 27.8 Å². The van der Waals surface area contributed by atoms with Gasteiger partial charge in [0.05, 0.1) is 0 Å². The average molecular weight is 296 g/mol. The maximum Gasteiger partial charge on any atom is 0.138 e. The predicted octanol–water partition coefficient (Wildman–Crippen LogP) is 3.34. The summed E-state index contributed by atoms with van der Waals surface area (Å²) in [6.45, 7) is 4.35. The van der Waals surface area contributed by atoms with Gasteiger partial charge in [0.1, 0.15) is 11.5 Å². The Morgan fingerprint density at radius 3 is 3.00 bits per heavy atom. The van der Waals surface area contributed by atoms with Crippen molar-refractivity contribution < 1.29 is 0 Å². The first-order valence-electron chi connectivity index (χ1n) is 6.09. The number of aromatic nitrogens is 2. The average Bonchev–Trinajstić information content (AvgIpc) is 2.82. The summed E-state index contributed by atoms with van der Waals surface area (Å²) in [5.41, 5.74) is 1.01. The van der Waals surface area contributed by atoms with Crippen molar-refractivity contribution >= 4 is 27.4 Å². The topological polar surface area (TPSA) is 20.5 Å². The summed E-state index contributed by atoms with van der Waals surface area (Å²) >= 11 is 3.53. The molecule has 0 aliphatic heterocycles. The summed E-state index contributed by atoms with van der Waals surface area (Å²) in [5.74, 6) is 1.23. The number of halogens is 1. The van der Waals surface area contributed by atoms with E-state index in [9.17, 15) is 0 Å². The van der Waals surface area contributed by atoms with Crippen LogP contribution in [0.25, 0.3) is 5.65 Å². The maximum absolute atomic E-state index is 4.33. The molecule has 2 rings (SSSR count). The molecule has 0 radical (unpaired) electrons. The lowest BCUT2D eigenvalue weighted by Crippen LogP contribution is -2.28. The molecule has 0 spiro atoms. The molecule has 0 saturated carbocycles. The van der Waals surface area contributed by atoms with Gasteiger partial charge in [0.25, 0.3) is 0 Å². The molecular formula is C13H18BrN3. The maximum atomic E-state index is 4.33. The molecule has 0 bridgehead atoms. The fourth-order valence-electron chi connectivity index (χ4n) is 1.98. The van der Waals surface area contributed by atoms with Crippen LogP contribution in [0.3, 0.4) is 0 Å². The van der Waals surface area contributed by atoms with Crippen molar-refractivity contribution in [1.29, 1.82) is 0 Å².